The number of aromatic nitrogens is 2. The van der Waals surface area contributed by atoms with Crippen LogP contribution in [0.15, 0.2) is 0 Å². The van der Waals surface area contributed by atoms with Crippen molar-refractivity contribution in [1.82, 2.24) is 14.7 Å². The van der Waals surface area contributed by atoms with Crippen LogP contribution in [0.5, 0.6) is 0 Å². The number of amides is 1. The van der Waals surface area contributed by atoms with Gasteiger partial charge in [0, 0.05) is 37.7 Å². The Hall–Kier alpha value is -2.38. The van der Waals surface area contributed by atoms with Gasteiger partial charge < -0.3 is 15.1 Å². The van der Waals surface area contributed by atoms with Crippen LogP contribution in [0.3, 0.4) is 0 Å². The number of hydrogen-bond acceptors (Lipinski definition) is 4. The standard InChI is InChI=1S/C12H15N3O5/c1-7(16)14-4-2-9-8(6-14)11(12(19)20)13-15(9)5-3-10(17)18/h2-6H2,1H3,(H,17,18)(H,19,20). The van der Waals surface area contributed by atoms with E-state index in [4.69, 9.17) is 10.2 Å². The first-order valence-corrected chi connectivity index (χ1v) is 6.19. The second-order valence-electron chi connectivity index (χ2n) is 4.64. The van der Waals surface area contributed by atoms with Gasteiger partial charge >= 0.3 is 11.9 Å². The van der Waals surface area contributed by atoms with E-state index >= 15 is 0 Å². The average molecular weight is 281 g/mol. The summed E-state index contributed by atoms with van der Waals surface area (Å²) >= 11 is 0. The Labute approximate surface area is 114 Å². The molecule has 8 heteroatoms. The number of carboxylic acid groups (broad SMARTS) is 2. The fraction of sp³-hybridized carbons (Fsp3) is 0.500. The van der Waals surface area contributed by atoms with Gasteiger partial charge in [0.1, 0.15) is 0 Å². The van der Waals surface area contributed by atoms with Crippen LogP contribution in [0.25, 0.3) is 0 Å². The zero-order valence-corrected chi connectivity index (χ0v) is 11.0. The second kappa shape index (κ2) is 5.32. The summed E-state index contributed by atoms with van der Waals surface area (Å²) in [6.45, 7) is 2.25. The molecule has 1 aliphatic heterocycles. The average Bonchev–Trinajstić information content (AvgIpc) is 2.74. The van der Waals surface area contributed by atoms with Crippen molar-refractivity contribution in [3.8, 4) is 0 Å². The molecule has 8 nitrogen and oxygen atoms in total. The highest BCUT2D eigenvalue weighted by Gasteiger charge is 2.28. The predicted octanol–water partition coefficient (Wildman–Crippen LogP) is -0.0394. The van der Waals surface area contributed by atoms with Crippen molar-refractivity contribution >= 4 is 17.8 Å². The van der Waals surface area contributed by atoms with Crippen LogP contribution in [-0.4, -0.2) is 49.3 Å². The van der Waals surface area contributed by atoms with E-state index in [1.54, 1.807) is 4.90 Å². The van der Waals surface area contributed by atoms with Crippen LogP contribution >= 0.6 is 0 Å². The summed E-state index contributed by atoms with van der Waals surface area (Å²) < 4.78 is 1.43. The zero-order chi connectivity index (χ0) is 14.9. The number of carboxylic acids is 2. The molecule has 0 saturated heterocycles. The second-order valence-corrected chi connectivity index (χ2v) is 4.64. The van der Waals surface area contributed by atoms with Gasteiger partial charge in [0.05, 0.1) is 13.0 Å². The Kier molecular flexibility index (Phi) is 3.73. The third-order valence-electron chi connectivity index (χ3n) is 3.32. The largest absolute Gasteiger partial charge is 0.481 e. The van der Waals surface area contributed by atoms with Crippen LogP contribution < -0.4 is 0 Å². The predicted molar refractivity (Wildman–Crippen MR) is 66.2 cm³/mol. The molecule has 2 rings (SSSR count). The smallest absolute Gasteiger partial charge is 0.356 e. The molecule has 0 bridgehead atoms. The molecule has 20 heavy (non-hydrogen) atoms. The maximum Gasteiger partial charge on any atom is 0.356 e. The molecule has 0 radical (unpaired) electrons. The normalized spacial score (nSPS) is 13.9. The lowest BCUT2D eigenvalue weighted by molar-refractivity contribution is -0.137. The molecule has 2 heterocycles. The number of rotatable bonds is 4. The van der Waals surface area contributed by atoms with Crippen LogP contribution in [0, 0.1) is 0 Å². The molecule has 0 atom stereocenters. The Morgan fingerprint density at radius 2 is 2.00 bits per heavy atom. The zero-order valence-electron chi connectivity index (χ0n) is 11.0. The van der Waals surface area contributed by atoms with E-state index in [2.05, 4.69) is 5.10 Å². The van der Waals surface area contributed by atoms with Gasteiger partial charge in [-0.1, -0.05) is 0 Å². The number of nitrogens with zero attached hydrogens (tertiary/aromatic N) is 3. The third-order valence-corrected chi connectivity index (χ3v) is 3.32. The first-order chi connectivity index (χ1) is 9.40. The van der Waals surface area contributed by atoms with E-state index in [9.17, 15) is 14.4 Å². The van der Waals surface area contributed by atoms with E-state index in [1.807, 2.05) is 0 Å². The number of fused-ring (bicyclic) bond motifs is 1. The molecule has 1 aliphatic rings. The quantitative estimate of drug-likeness (QED) is 0.800. The summed E-state index contributed by atoms with van der Waals surface area (Å²) in [6, 6.07) is 0. The van der Waals surface area contributed by atoms with Gasteiger partial charge in [-0.05, 0) is 0 Å². The molecule has 2 N–H and O–H groups in total. The Bertz CT molecular complexity index is 578. The van der Waals surface area contributed by atoms with Crippen LogP contribution in [-0.2, 0) is 29.1 Å². The first-order valence-electron chi connectivity index (χ1n) is 6.19. The van der Waals surface area contributed by atoms with Gasteiger partial charge in [0.25, 0.3) is 0 Å². The number of aliphatic carboxylic acids is 1. The number of carbonyl (C=O) groups is 3. The van der Waals surface area contributed by atoms with Crippen molar-refractivity contribution in [3.05, 3.63) is 17.0 Å². The Balaban J connectivity index is 2.34. The first kappa shape index (κ1) is 14.0. The maximum absolute atomic E-state index is 11.4. The topological polar surface area (TPSA) is 113 Å². The summed E-state index contributed by atoms with van der Waals surface area (Å²) in [6.07, 6.45) is 0.360. The fourth-order valence-corrected chi connectivity index (χ4v) is 2.32. The van der Waals surface area contributed by atoms with Gasteiger partial charge in [0.2, 0.25) is 5.91 Å². The summed E-state index contributed by atoms with van der Waals surface area (Å²) in [5.74, 6) is -2.25. The molecule has 0 unspecified atom stereocenters. The lowest BCUT2D eigenvalue weighted by atomic mass is 10.0. The van der Waals surface area contributed by atoms with E-state index < -0.39 is 11.9 Å². The number of hydrogen-bond donors (Lipinski definition) is 2. The van der Waals surface area contributed by atoms with Crippen LogP contribution in [0.4, 0.5) is 0 Å². The summed E-state index contributed by atoms with van der Waals surface area (Å²) in [4.78, 5) is 34.8. The molecular formula is C12H15N3O5. The highest BCUT2D eigenvalue weighted by atomic mass is 16.4. The lowest BCUT2D eigenvalue weighted by Crippen LogP contribution is -2.35. The van der Waals surface area contributed by atoms with Crippen molar-refractivity contribution in [2.75, 3.05) is 6.54 Å². The summed E-state index contributed by atoms with van der Waals surface area (Å²) in [5, 5.41) is 21.8. The molecule has 0 aromatic carbocycles. The van der Waals surface area contributed by atoms with Gasteiger partial charge in [0.15, 0.2) is 5.69 Å². The van der Waals surface area contributed by atoms with E-state index in [0.717, 1.165) is 0 Å². The summed E-state index contributed by atoms with van der Waals surface area (Å²) in [7, 11) is 0. The molecule has 1 amide bonds. The molecule has 1 aromatic heterocycles. The lowest BCUT2D eigenvalue weighted by Gasteiger charge is -2.26. The highest BCUT2D eigenvalue weighted by molar-refractivity contribution is 5.87. The molecule has 0 fully saturated rings. The van der Waals surface area contributed by atoms with Crippen molar-refractivity contribution < 1.29 is 24.6 Å². The van der Waals surface area contributed by atoms with E-state index in [1.165, 1.54) is 11.6 Å². The van der Waals surface area contributed by atoms with E-state index in [0.29, 0.717) is 24.2 Å². The van der Waals surface area contributed by atoms with Crippen molar-refractivity contribution in [2.24, 2.45) is 0 Å². The molecular weight excluding hydrogens is 266 g/mol. The minimum absolute atomic E-state index is 0.101. The molecule has 108 valence electrons. The van der Waals surface area contributed by atoms with Gasteiger partial charge in [-0.15, -0.1) is 0 Å². The number of aromatic carboxylic acids is 1. The van der Waals surface area contributed by atoms with E-state index in [-0.39, 0.29) is 31.1 Å². The monoisotopic (exact) mass is 281 g/mol. The minimum Gasteiger partial charge on any atom is -0.481 e. The number of carbonyl (C=O) groups excluding carboxylic acids is 1. The van der Waals surface area contributed by atoms with Gasteiger partial charge in [-0.25, -0.2) is 4.79 Å². The van der Waals surface area contributed by atoms with Gasteiger partial charge in [-0.3, -0.25) is 14.3 Å². The minimum atomic E-state index is -1.17. The molecule has 0 aliphatic carbocycles. The van der Waals surface area contributed by atoms with Crippen LogP contribution in [0.1, 0.15) is 35.1 Å². The number of aryl methyl sites for hydroxylation is 1. The molecule has 0 saturated carbocycles. The van der Waals surface area contributed by atoms with Gasteiger partial charge in [-0.2, -0.15) is 5.10 Å². The maximum atomic E-state index is 11.4. The van der Waals surface area contributed by atoms with Crippen molar-refractivity contribution in [1.29, 1.82) is 0 Å². The van der Waals surface area contributed by atoms with Crippen molar-refractivity contribution in [3.63, 3.8) is 0 Å². The molecule has 0 spiro atoms. The SMILES string of the molecule is CC(=O)N1CCc2c(c(C(=O)O)nn2CCC(=O)O)C1. The Morgan fingerprint density at radius 3 is 2.55 bits per heavy atom. The molecule has 1 aromatic rings. The summed E-state index contributed by atoms with van der Waals surface area (Å²) in [5.41, 5.74) is 1.11. The Morgan fingerprint density at radius 1 is 1.30 bits per heavy atom. The third kappa shape index (κ3) is 2.63. The van der Waals surface area contributed by atoms with Crippen LogP contribution in [0.2, 0.25) is 0 Å². The highest BCUT2D eigenvalue weighted by Crippen LogP contribution is 2.23. The van der Waals surface area contributed by atoms with Crippen molar-refractivity contribution in [2.45, 2.75) is 32.9 Å². The fourth-order valence-electron chi connectivity index (χ4n) is 2.32.